The Balaban J connectivity index is 2.02. The minimum atomic E-state index is -0.0393. The van der Waals surface area contributed by atoms with Crippen LogP contribution in [0.3, 0.4) is 0 Å². The number of hydrogen-bond acceptors (Lipinski definition) is 3. The highest BCUT2D eigenvalue weighted by Gasteiger charge is 2.23. The van der Waals surface area contributed by atoms with Crippen molar-refractivity contribution in [2.45, 2.75) is 52.2 Å². The fourth-order valence-corrected chi connectivity index (χ4v) is 2.71. The number of amides is 1. The van der Waals surface area contributed by atoms with E-state index in [1.165, 1.54) is 0 Å². The van der Waals surface area contributed by atoms with Crippen molar-refractivity contribution in [1.82, 2.24) is 10.6 Å². The number of hydrogen-bond donors (Lipinski definition) is 2. The van der Waals surface area contributed by atoms with E-state index in [4.69, 9.17) is 4.74 Å². The molecule has 0 unspecified atom stereocenters. The van der Waals surface area contributed by atoms with Crippen molar-refractivity contribution in [1.29, 1.82) is 0 Å². The summed E-state index contributed by atoms with van der Waals surface area (Å²) in [6.07, 6.45) is 2.18. The molecule has 1 fully saturated rings. The summed E-state index contributed by atoms with van der Waals surface area (Å²) in [7, 11) is 0. The van der Waals surface area contributed by atoms with Crippen LogP contribution in [0, 0.1) is 6.92 Å². The van der Waals surface area contributed by atoms with Crippen LogP contribution in [0.5, 0.6) is 5.75 Å². The highest BCUT2D eigenvalue weighted by molar-refractivity contribution is 9.10. The highest BCUT2D eigenvalue weighted by Crippen LogP contribution is 2.28. The van der Waals surface area contributed by atoms with Crippen LogP contribution in [0.2, 0.25) is 0 Å². The van der Waals surface area contributed by atoms with Crippen LogP contribution in [0.4, 0.5) is 0 Å². The van der Waals surface area contributed by atoms with Gasteiger partial charge in [0.1, 0.15) is 5.75 Å². The Kier molecular flexibility index (Phi) is 5.65. The molecule has 2 N–H and O–H groups in total. The second-order valence-corrected chi connectivity index (χ2v) is 6.79. The number of carbonyl (C=O) groups is 1. The summed E-state index contributed by atoms with van der Waals surface area (Å²) in [4.78, 5) is 11.8. The normalized spacial score (nSPS) is 14.3. The Morgan fingerprint density at radius 3 is 2.76 bits per heavy atom. The molecule has 2 rings (SSSR count). The van der Waals surface area contributed by atoms with Crippen molar-refractivity contribution >= 4 is 21.8 Å². The van der Waals surface area contributed by atoms with Gasteiger partial charge in [-0.2, -0.15) is 0 Å². The summed E-state index contributed by atoms with van der Waals surface area (Å²) in [6, 6.07) is 4.81. The predicted molar refractivity (Wildman–Crippen MR) is 87.5 cm³/mol. The van der Waals surface area contributed by atoms with Crippen LogP contribution in [0.15, 0.2) is 16.6 Å². The first kappa shape index (κ1) is 16.3. The molecule has 0 atom stereocenters. The number of rotatable bonds is 7. The second kappa shape index (κ2) is 7.27. The van der Waals surface area contributed by atoms with E-state index < -0.39 is 0 Å². The van der Waals surface area contributed by atoms with Crippen LogP contribution in [-0.4, -0.2) is 24.6 Å². The summed E-state index contributed by atoms with van der Waals surface area (Å²) in [5, 5.41) is 6.32. The topological polar surface area (TPSA) is 50.4 Å². The first-order valence-corrected chi connectivity index (χ1v) is 8.19. The fourth-order valence-electron chi connectivity index (χ4n) is 2.09. The quantitative estimate of drug-likeness (QED) is 0.791. The first-order valence-electron chi connectivity index (χ1n) is 7.40. The number of carbonyl (C=O) groups excluding carboxylic acids is 1. The third kappa shape index (κ3) is 5.32. The molecule has 5 heteroatoms. The highest BCUT2D eigenvalue weighted by atomic mass is 79.9. The van der Waals surface area contributed by atoms with E-state index >= 15 is 0 Å². The lowest BCUT2D eigenvalue weighted by Gasteiger charge is -2.16. The molecule has 1 saturated carbocycles. The molecule has 0 saturated heterocycles. The number of halogens is 1. The third-order valence-corrected chi connectivity index (χ3v) is 3.76. The maximum atomic E-state index is 11.8. The summed E-state index contributed by atoms with van der Waals surface area (Å²) >= 11 is 3.51. The molecule has 0 aliphatic heterocycles. The van der Waals surface area contributed by atoms with Gasteiger partial charge in [0.2, 0.25) is 0 Å². The van der Waals surface area contributed by atoms with Crippen molar-refractivity contribution in [2.75, 3.05) is 6.61 Å². The smallest absolute Gasteiger partial charge is 0.258 e. The molecule has 21 heavy (non-hydrogen) atoms. The number of aryl methyl sites for hydroxylation is 1. The lowest BCUT2D eigenvalue weighted by molar-refractivity contribution is -0.123. The average molecular weight is 355 g/mol. The molecule has 1 aliphatic rings. The largest absolute Gasteiger partial charge is 0.483 e. The number of nitrogens with one attached hydrogen (secondary N) is 2. The minimum absolute atomic E-state index is 0.0393. The number of ether oxygens (including phenoxy) is 1. The summed E-state index contributed by atoms with van der Waals surface area (Å²) in [5.74, 6) is 0.764. The van der Waals surface area contributed by atoms with Gasteiger partial charge in [-0.15, -0.1) is 0 Å². The summed E-state index contributed by atoms with van der Waals surface area (Å²) in [5.41, 5.74) is 2.10. The van der Waals surface area contributed by atoms with Crippen LogP contribution < -0.4 is 15.4 Å². The standard InChI is InChI=1S/C16H23BrN2O2/c1-10(2)18-8-12-7-13(17)6-11(3)16(12)21-9-15(20)19-14-4-5-14/h6-7,10,14,18H,4-5,8-9H2,1-3H3,(H,19,20). The van der Waals surface area contributed by atoms with Crippen molar-refractivity contribution in [2.24, 2.45) is 0 Å². The van der Waals surface area contributed by atoms with Gasteiger partial charge in [-0.05, 0) is 37.5 Å². The zero-order chi connectivity index (χ0) is 15.4. The van der Waals surface area contributed by atoms with E-state index in [9.17, 15) is 4.79 Å². The van der Waals surface area contributed by atoms with E-state index in [2.05, 4.69) is 40.4 Å². The molecule has 4 nitrogen and oxygen atoms in total. The van der Waals surface area contributed by atoms with Crippen molar-refractivity contribution in [3.05, 3.63) is 27.7 Å². The molecule has 1 aliphatic carbocycles. The van der Waals surface area contributed by atoms with E-state index in [-0.39, 0.29) is 12.5 Å². The Bertz CT molecular complexity index is 513. The Morgan fingerprint density at radius 2 is 2.14 bits per heavy atom. The summed E-state index contributed by atoms with van der Waals surface area (Å²) in [6.45, 7) is 7.01. The second-order valence-electron chi connectivity index (χ2n) is 5.88. The van der Waals surface area contributed by atoms with Crippen molar-refractivity contribution in [3.8, 4) is 5.75 Å². The van der Waals surface area contributed by atoms with Gasteiger partial charge in [-0.25, -0.2) is 0 Å². The lowest BCUT2D eigenvalue weighted by Crippen LogP contribution is -2.31. The Morgan fingerprint density at radius 1 is 1.43 bits per heavy atom. The van der Waals surface area contributed by atoms with Crippen molar-refractivity contribution < 1.29 is 9.53 Å². The van der Waals surface area contributed by atoms with Crippen LogP contribution in [0.25, 0.3) is 0 Å². The Labute approximate surface area is 134 Å². The average Bonchev–Trinajstić information content (AvgIpc) is 3.18. The van der Waals surface area contributed by atoms with Gasteiger partial charge >= 0.3 is 0 Å². The van der Waals surface area contributed by atoms with Crippen molar-refractivity contribution in [3.63, 3.8) is 0 Å². The van der Waals surface area contributed by atoms with E-state index in [1.54, 1.807) is 0 Å². The van der Waals surface area contributed by atoms with Gasteiger partial charge in [0.25, 0.3) is 5.91 Å². The van der Waals surface area contributed by atoms with Gasteiger partial charge in [-0.3, -0.25) is 4.79 Å². The van der Waals surface area contributed by atoms with Gasteiger partial charge < -0.3 is 15.4 Å². The molecule has 0 aromatic heterocycles. The zero-order valence-corrected chi connectivity index (χ0v) is 14.4. The maximum Gasteiger partial charge on any atom is 0.258 e. The van der Waals surface area contributed by atoms with Crippen LogP contribution >= 0.6 is 15.9 Å². The Hall–Kier alpha value is -1.07. The lowest BCUT2D eigenvalue weighted by atomic mass is 10.1. The predicted octanol–water partition coefficient (Wildman–Crippen LogP) is 2.91. The molecule has 1 aromatic carbocycles. The van der Waals surface area contributed by atoms with Crippen LogP contribution in [-0.2, 0) is 11.3 Å². The van der Waals surface area contributed by atoms with E-state index in [0.29, 0.717) is 12.1 Å². The third-order valence-electron chi connectivity index (χ3n) is 3.31. The van der Waals surface area contributed by atoms with Gasteiger partial charge in [0, 0.05) is 28.7 Å². The van der Waals surface area contributed by atoms with Gasteiger partial charge in [0.15, 0.2) is 6.61 Å². The molecule has 0 spiro atoms. The maximum absolute atomic E-state index is 11.8. The summed E-state index contributed by atoms with van der Waals surface area (Å²) < 4.78 is 6.80. The molecular formula is C16H23BrN2O2. The zero-order valence-electron chi connectivity index (χ0n) is 12.8. The fraction of sp³-hybridized carbons (Fsp3) is 0.562. The molecule has 0 bridgehead atoms. The molecule has 0 radical (unpaired) electrons. The first-order chi connectivity index (χ1) is 9.95. The van der Waals surface area contributed by atoms with E-state index in [0.717, 1.165) is 40.7 Å². The molecule has 1 amide bonds. The monoisotopic (exact) mass is 354 g/mol. The van der Waals surface area contributed by atoms with Crippen LogP contribution in [0.1, 0.15) is 37.8 Å². The minimum Gasteiger partial charge on any atom is -0.483 e. The molecule has 116 valence electrons. The molecule has 0 heterocycles. The van der Waals surface area contributed by atoms with E-state index in [1.807, 2.05) is 19.1 Å². The molecular weight excluding hydrogens is 332 g/mol. The SMILES string of the molecule is Cc1cc(Br)cc(CNC(C)C)c1OCC(=O)NC1CC1. The van der Waals surface area contributed by atoms with Gasteiger partial charge in [-0.1, -0.05) is 29.8 Å². The van der Waals surface area contributed by atoms with Gasteiger partial charge in [0.05, 0.1) is 0 Å². The molecule has 1 aromatic rings. The number of benzene rings is 1.